The van der Waals surface area contributed by atoms with Crippen molar-refractivity contribution in [1.29, 1.82) is 0 Å². The van der Waals surface area contributed by atoms with Gasteiger partial charge in [0.1, 0.15) is 0 Å². The Hall–Kier alpha value is -4.42. The van der Waals surface area contributed by atoms with Crippen LogP contribution in [0.15, 0.2) is 133 Å². The molecule has 0 atom stereocenters. The summed E-state index contributed by atoms with van der Waals surface area (Å²) in [4.78, 5) is 0. The van der Waals surface area contributed by atoms with Gasteiger partial charge in [-0.2, -0.15) is 0 Å². The topological polar surface area (TPSA) is 0 Å². The second-order valence-corrected chi connectivity index (χ2v) is 8.78. The summed E-state index contributed by atoms with van der Waals surface area (Å²) >= 11 is 0. The molecule has 0 N–H and O–H groups in total. The van der Waals surface area contributed by atoms with Crippen molar-refractivity contribution in [3.05, 3.63) is 167 Å². The van der Waals surface area contributed by atoms with Gasteiger partial charge in [-0.25, -0.2) is 0 Å². The van der Waals surface area contributed by atoms with E-state index in [1.807, 2.05) is 6.07 Å². The summed E-state index contributed by atoms with van der Waals surface area (Å²) in [6, 6.07) is 47.3. The lowest BCUT2D eigenvalue weighted by Gasteiger charge is -2.11. The van der Waals surface area contributed by atoms with Crippen molar-refractivity contribution in [2.75, 3.05) is 0 Å². The molecule has 0 aliphatic carbocycles. The molecule has 0 amide bonds. The zero-order chi connectivity index (χ0) is 23.9. The van der Waals surface area contributed by atoms with E-state index in [0.29, 0.717) is 0 Å². The van der Waals surface area contributed by atoms with Gasteiger partial charge in [0.05, 0.1) is 0 Å². The maximum absolute atomic E-state index is 2.28. The average Bonchev–Trinajstić information content (AvgIpc) is 2.93. The van der Waals surface area contributed by atoms with Crippen LogP contribution in [-0.2, 0) is 0 Å². The van der Waals surface area contributed by atoms with Gasteiger partial charge in [-0.15, -0.1) is 0 Å². The second kappa shape index (κ2) is 10.7. The third-order valence-corrected chi connectivity index (χ3v) is 6.18. The van der Waals surface area contributed by atoms with Gasteiger partial charge in [0.2, 0.25) is 0 Å². The molecule has 0 aliphatic heterocycles. The Kier molecular flexibility index (Phi) is 6.82. The summed E-state index contributed by atoms with van der Waals surface area (Å²) in [6.07, 6.45) is 6.58. The maximum atomic E-state index is 2.28. The van der Waals surface area contributed by atoms with Crippen molar-refractivity contribution in [2.45, 2.75) is 6.92 Å². The molecule has 5 aromatic rings. The summed E-state index contributed by atoms with van der Waals surface area (Å²) in [5.41, 5.74) is 11.0. The van der Waals surface area contributed by atoms with Gasteiger partial charge < -0.3 is 0 Å². The Morgan fingerprint density at radius 1 is 0.429 bits per heavy atom. The minimum Gasteiger partial charge on any atom is -0.0622 e. The molecule has 0 spiro atoms. The van der Waals surface area contributed by atoms with Crippen LogP contribution in [-0.4, -0.2) is 0 Å². The van der Waals surface area contributed by atoms with E-state index in [0.717, 1.165) is 0 Å². The van der Waals surface area contributed by atoms with E-state index >= 15 is 0 Å². The predicted octanol–water partition coefficient (Wildman–Crippen LogP) is 9.42. The first-order valence-corrected chi connectivity index (χ1v) is 12.0. The first-order valence-electron chi connectivity index (χ1n) is 12.0. The van der Waals surface area contributed by atoms with Crippen LogP contribution >= 0.6 is 0 Å². The molecule has 5 aromatic carbocycles. The molecule has 0 nitrogen and oxygen atoms in total. The Labute approximate surface area is 208 Å². The summed E-state index contributed by atoms with van der Waals surface area (Å²) in [6.45, 7) is 2.12. The third kappa shape index (κ3) is 5.75. The van der Waals surface area contributed by atoms with Gasteiger partial charge in [0.25, 0.3) is 0 Å². The van der Waals surface area contributed by atoms with Crippen molar-refractivity contribution in [3.63, 3.8) is 0 Å². The third-order valence-electron chi connectivity index (χ3n) is 6.18. The summed E-state index contributed by atoms with van der Waals surface area (Å²) in [5.74, 6) is 0. The monoisotopic (exact) mass is 448 g/mol. The van der Waals surface area contributed by atoms with E-state index in [1.54, 1.807) is 0 Å². The van der Waals surface area contributed by atoms with Crippen LogP contribution in [0.25, 0.3) is 34.9 Å². The lowest BCUT2D eigenvalue weighted by Crippen LogP contribution is -1.89. The lowest BCUT2D eigenvalue weighted by atomic mass is 9.93. The SMILES string of the molecule is Cc1ccc(/C=C(/c2ccccc2)c2ccc(-c3ccc(/C=C/c4ccccc4)cc3)cc2)cc1. The predicted molar refractivity (Wildman–Crippen MR) is 152 cm³/mol. The molecule has 0 radical (unpaired) electrons. The molecule has 0 saturated carbocycles. The van der Waals surface area contributed by atoms with Crippen LogP contribution < -0.4 is 0 Å². The number of rotatable bonds is 6. The van der Waals surface area contributed by atoms with E-state index in [9.17, 15) is 0 Å². The van der Waals surface area contributed by atoms with E-state index in [2.05, 4.69) is 153 Å². The number of hydrogen-bond donors (Lipinski definition) is 0. The van der Waals surface area contributed by atoms with Crippen molar-refractivity contribution in [1.82, 2.24) is 0 Å². The molecule has 168 valence electrons. The molecule has 0 saturated heterocycles. The molecular weight excluding hydrogens is 420 g/mol. The first-order chi connectivity index (χ1) is 17.2. The largest absolute Gasteiger partial charge is 0.0622 e. The standard InChI is InChI=1S/C35H28/c1-27-12-14-30(15-13-27)26-35(33-10-6-3-7-11-33)34-24-22-32(23-25-34)31-20-18-29(19-21-31)17-16-28-8-4-2-5-9-28/h2-26H,1H3/b17-16+,35-26-. The van der Waals surface area contributed by atoms with Gasteiger partial charge in [0.15, 0.2) is 0 Å². The van der Waals surface area contributed by atoms with Crippen LogP contribution in [0, 0.1) is 6.92 Å². The molecular formula is C35H28. The number of aryl methyl sites for hydroxylation is 1. The van der Waals surface area contributed by atoms with Crippen molar-refractivity contribution >= 4 is 23.8 Å². The van der Waals surface area contributed by atoms with E-state index in [4.69, 9.17) is 0 Å². The van der Waals surface area contributed by atoms with Crippen molar-refractivity contribution in [3.8, 4) is 11.1 Å². The normalized spacial score (nSPS) is 11.6. The van der Waals surface area contributed by atoms with E-state index in [-0.39, 0.29) is 0 Å². The van der Waals surface area contributed by atoms with E-state index in [1.165, 1.54) is 50.1 Å². The van der Waals surface area contributed by atoms with Crippen LogP contribution in [0.5, 0.6) is 0 Å². The van der Waals surface area contributed by atoms with Gasteiger partial charge in [0, 0.05) is 0 Å². The fourth-order valence-corrected chi connectivity index (χ4v) is 4.17. The highest BCUT2D eigenvalue weighted by atomic mass is 14.1. The number of benzene rings is 5. The molecule has 0 aromatic heterocycles. The molecule has 0 fully saturated rings. The first kappa shape index (κ1) is 22.4. The maximum Gasteiger partial charge on any atom is -0.0105 e. The van der Waals surface area contributed by atoms with Gasteiger partial charge >= 0.3 is 0 Å². The fraction of sp³-hybridized carbons (Fsp3) is 0.0286. The minimum atomic E-state index is 1.20. The Balaban J connectivity index is 1.40. The summed E-state index contributed by atoms with van der Waals surface area (Å²) in [5, 5.41) is 0. The Morgan fingerprint density at radius 3 is 1.49 bits per heavy atom. The average molecular weight is 449 g/mol. The molecule has 0 bridgehead atoms. The molecule has 35 heavy (non-hydrogen) atoms. The van der Waals surface area contributed by atoms with Crippen LogP contribution in [0.1, 0.15) is 33.4 Å². The van der Waals surface area contributed by atoms with Gasteiger partial charge in [-0.05, 0) is 57.5 Å². The Bertz CT molecular complexity index is 1420. The highest BCUT2D eigenvalue weighted by molar-refractivity contribution is 5.91. The zero-order valence-corrected chi connectivity index (χ0v) is 19.9. The quantitative estimate of drug-likeness (QED) is 0.227. The highest BCUT2D eigenvalue weighted by Gasteiger charge is 2.07. The van der Waals surface area contributed by atoms with Crippen molar-refractivity contribution < 1.29 is 0 Å². The number of hydrogen-bond acceptors (Lipinski definition) is 0. The summed E-state index contributed by atoms with van der Waals surface area (Å²) in [7, 11) is 0. The zero-order valence-electron chi connectivity index (χ0n) is 19.9. The van der Waals surface area contributed by atoms with E-state index < -0.39 is 0 Å². The minimum absolute atomic E-state index is 1.20. The second-order valence-electron chi connectivity index (χ2n) is 8.78. The van der Waals surface area contributed by atoms with Gasteiger partial charge in [-0.1, -0.05) is 151 Å². The summed E-state index contributed by atoms with van der Waals surface area (Å²) < 4.78 is 0. The molecule has 0 aliphatic rings. The van der Waals surface area contributed by atoms with Crippen molar-refractivity contribution in [2.24, 2.45) is 0 Å². The van der Waals surface area contributed by atoms with Crippen LogP contribution in [0.3, 0.4) is 0 Å². The fourth-order valence-electron chi connectivity index (χ4n) is 4.17. The molecule has 0 unspecified atom stereocenters. The Morgan fingerprint density at radius 2 is 0.886 bits per heavy atom. The van der Waals surface area contributed by atoms with Gasteiger partial charge in [-0.3, -0.25) is 0 Å². The smallest absolute Gasteiger partial charge is 0.0105 e. The highest BCUT2D eigenvalue weighted by Crippen LogP contribution is 2.29. The van der Waals surface area contributed by atoms with Crippen LogP contribution in [0.2, 0.25) is 0 Å². The lowest BCUT2D eigenvalue weighted by molar-refractivity contribution is 1.46. The molecule has 0 heterocycles. The molecule has 5 rings (SSSR count). The molecule has 0 heteroatoms. The van der Waals surface area contributed by atoms with Crippen LogP contribution in [0.4, 0.5) is 0 Å².